The quantitative estimate of drug-likeness (QED) is 0.900. The number of nitrogens with two attached hydrogens (primary N) is 1. The molecule has 1 aromatic heterocycles. The van der Waals surface area contributed by atoms with E-state index in [1.54, 1.807) is 0 Å². The molecule has 1 saturated carbocycles. The monoisotopic (exact) mass is 326 g/mol. The molecule has 1 atom stereocenters. The molecule has 0 spiro atoms. The van der Waals surface area contributed by atoms with Crippen LogP contribution in [0.25, 0.3) is 0 Å². The van der Waals surface area contributed by atoms with Gasteiger partial charge in [0.25, 0.3) is 0 Å². The van der Waals surface area contributed by atoms with Crippen LogP contribution in [0, 0.1) is 5.92 Å². The normalized spacial score (nSPS) is 22.2. The molecular formula is C18H22N4O2. The molecule has 1 aromatic carbocycles. The number of hydrogen-bond acceptors (Lipinski definition) is 5. The van der Waals surface area contributed by atoms with E-state index in [0.717, 1.165) is 37.8 Å². The summed E-state index contributed by atoms with van der Waals surface area (Å²) < 4.78 is 5.37. The molecule has 4 rings (SSSR count). The number of carbonyl (C=O) groups is 1. The second kappa shape index (κ2) is 6.02. The second-order valence-corrected chi connectivity index (χ2v) is 6.96. The molecule has 1 fully saturated rings. The largest absolute Gasteiger partial charge is 0.339 e. The van der Waals surface area contributed by atoms with Crippen LogP contribution in [0.15, 0.2) is 28.8 Å². The van der Waals surface area contributed by atoms with Crippen LogP contribution in [0.4, 0.5) is 5.69 Å². The van der Waals surface area contributed by atoms with Crippen molar-refractivity contribution in [2.24, 2.45) is 11.7 Å². The number of fused-ring (bicyclic) bond motifs is 1. The predicted octanol–water partition coefficient (Wildman–Crippen LogP) is 2.54. The van der Waals surface area contributed by atoms with Gasteiger partial charge in [-0.25, -0.2) is 0 Å². The number of anilines is 1. The SMILES string of the molecule is NC1(c2noc(CCC3Cc4ccccc4NC3=O)n2)CCCC1. The molecule has 6 nitrogen and oxygen atoms in total. The number of amides is 1. The summed E-state index contributed by atoms with van der Waals surface area (Å²) in [5.41, 5.74) is 8.03. The highest BCUT2D eigenvalue weighted by Crippen LogP contribution is 2.34. The van der Waals surface area contributed by atoms with Gasteiger partial charge in [0.05, 0.1) is 5.54 Å². The first-order chi connectivity index (χ1) is 11.6. The summed E-state index contributed by atoms with van der Waals surface area (Å²) in [5.74, 6) is 1.20. The van der Waals surface area contributed by atoms with Crippen molar-refractivity contribution >= 4 is 11.6 Å². The summed E-state index contributed by atoms with van der Waals surface area (Å²) in [6.07, 6.45) is 6.10. The zero-order chi connectivity index (χ0) is 16.6. The number of nitrogens with zero attached hydrogens (tertiary/aromatic N) is 2. The van der Waals surface area contributed by atoms with Gasteiger partial charge in [0.1, 0.15) is 0 Å². The van der Waals surface area contributed by atoms with Gasteiger partial charge in [0.15, 0.2) is 5.82 Å². The fourth-order valence-corrected chi connectivity index (χ4v) is 3.73. The molecule has 0 saturated heterocycles. The van der Waals surface area contributed by atoms with Gasteiger partial charge in [-0.2, -0.15) is 4.98 Å². The van der Waals surface area contributed by atoms with Gasteiger partial charge >= 0.3 is 0 Å². The summed E-state index contributed by atoms with van der Waals surface area (Å²) >= 11 is 0. The molecule has 0 radical (unpaired) electrons. The van der Waals surface area contributed by atoms with E-state index in [-0.39, 0.29) is 11.8 Å². The van der Waals surface area contributed by atoms with Crippen LogP contribution < -0.4 is 11.1 Å². The van der Waals surface area contributed by atoms with Crippen LogP contribution >= 0.6 is 0 Å². The first-order valence-electron chi connectivity index (χ1n) is 8.65. The van der Waals surface area contributed by atoms with E-state index in [9.17, 15) is 4.79 Å². The van der Waals surface area contributed by atoms with Gasteiger partial charge in [-0.3, -0.25) is 4.79 Å². The lowest BCUT2D eigenvalue weighted by Crippen LogP contribution is -2.34. The Kier molecular flexibility index (Phi) is 3.84. The van der Waals surface area contributed by atoms with Crippen molar-refractivity contribution in [1.82, 2.24) is 10.1 Å². The van der Waals surface area contributed by atoms with Crippen molar-refractivity contribution in [3.63, 3.8) is 0 Å². The van der Waals surface area contributed by atoms with E-state index in [4.69, 9.17) is 10.3 Å². The topological polar surface area (TPSA) is 94.0 Å². The number of nitrogens with one attached hydrogen (secondary N) is 1. The standard InChI is InChI=1S/C18H22N4O2/c19-18(9-3-4-10-18)17-21-15(24-22-17)8-7-13-11-12-5-1-2-6-14(12)20-16(13)23/h1-2,5-6,13H,3-4,7-11,19H2,(H,20,23). The maximum absolute atomic E-state index is 12.2. The Morgan fingerprint density at radius 2 is 2.08 bits per heavy atom. The van der Waals surface area contributed by atoms with E-state index in [2.05, 4.69) is 21.5 Å². The Morgan fingerprint density at radius 3 is 2.92 bits per heavy atom. The zero-order valence-corrected chi connectivity index (χ0v) is 13.6. The molecule has 24 heavy (non-hydrogen) atoms. The van der Waals surface area contributed by atoms with Crippen molar-refractivity contribution in [2.45, 2.75) is 50.5 Å². The summed E-state index contributed by atoms with van der Waals surface area (Å²) in [7, 11) is 0. The third kappa shape index (κ3) is 2.82. The van der Waals surface area contributed by atoms with Crippen LogP contribution in [-0.2, 0) is 23.2 Å². The van der Waals surface area contributed by atoms with Crippen LogP contribution in [0.5, 0.6) is 0 Å². The molecule has 1 unspecified atom stereocenters. The van der Waals surface area contributed by atoms with Gasteiger partial charge in [-0.15, -0.1) is 0 Å². The van der Waals surface area contributed by atoms with E-state index < -0.39 is 5.54 Å². The molecule has 0 bridgehead atoms. The van der Waals surface area contributed by atoms with Crippen LogP contribution in [0.1, 0.15) is 49.4 Å². The van der Waals surface area contributed by atoms with Crippen LogP contribution in [0.3, 0.4) is 0 Å². The Morgan fingerprint density at radius 1 is 1.29 bits per heavy atom. The molecule has 1 aliphatic carbocycles. The lowest BCUT2D eigenvalue weighted by molar-refractivity contribution is -0.120. The van der Waals surface area contributed by atoms with Gasteiger partial charge in [-0.05, 0) is 37.3 Å². The Bertz CT molecular complexity index is 749. The number of carbonyl (C=O) groups excluding carboxylic acids is 1. The first-order valence-corrected chi connectivity index (χ1v) is 8.65. The van der Waals surface area contributed by atoms with Crippen molar-refractivity contribution in [1.29, 1.82) is 0 Å². The Hall–Kier alpha value is -2.21. The maximum Gasteiger partial charge on any atom is 0.227 e. The lowest BCUT2D eigenvalue weighted by atomic mass is 9.90. The van der Waals surface area contributed by atoms with Gasteiger partial charge in [0.2, 0.25) is 11.8 Å². The third-order valence-electron chi connectivity index (χ3n) is 5.23. The minimum Gasteiger partial charge on any atom is -0.339 e. The van der Waals surface area contributed by atoms with E-state index in [0.29, 0.717) is 24.6 Å². The zero-order valence-electron chi connectivity index (χ0n) is 13.6. The minimum atomic E-state index is -0.428. The number of aryl methyl sites for hydroxylation is 1. The molecule has 1 amide bonds. The third-order valence-corrected chi connectivity index (χ3v) is 5.23. The Labute approximate surface area is 140 Å². The molecule has 2 aromatic rings. The van der Waals surface area contributed by atoms with Crippen molar-refractivity contribution < 1.29 is 9.32 Å². The van der Waals surface area contributed by atoms with Gasteiger partial charge in [0, 0.05) is 18.0 Å². The number of rotatable bonds is 4. The highest BCUT2D eigenvalue weighted by Gasteiger charge is 2.36. The minimum absolute atomic E-state index is 0.0615. The summed E-state index contributed by atoms with van der Waals surface area (Å²) in [5, 5.41) is 7.05. The first kappa shape index (κ1) is 15.3. The van der Waals surface area contributed by atoms with Crippen LogP contribution in [-0.4, -0.2) is 16.0 Å². The number of hydrogen-bond donors (Lipinski definition) is 2. The predicted molar refractivity (Wildman–Crippen MR) is 89.2 cm³/mol. The Balaban J connectivity index is 1.41. The average Bonchev–Trinajstić information content (AvgIpc) is 3.23. The van der Waals surface area contributed by atoms with Gasteiger partial charge < -0.3 is 15.6 Å². The average molecular weight is 326 g/mol. The van der Waals surface area contributed by atoms with Crippen molar-refractivity contribution in [3.8, 4) is 0 Å². The summed E-state index contributed by atoms with van der Waals surface area (Å²) in [6.45, 7) is 0. The highest BCUT2D eigenvalue weighted by atomic mass is 16.5. The van der Waals surface area contributed by atoms with E-state index >= 15 is 0 Å². The highest BCUT2D eigenvalue weighted by molar-refractivity contribution is 5.95. The van der Waals surface area contributed by atoms with Gasteiger partial charge in [-0.1, -0.05) is 36.2 Å². The summed E-state index contributed by atoms with van der Waals surface area (Å²) in [4.78, 5) is 16.7. The molecule has 126 valence electrons. The molecule has 6 heteroatoms. The molecule has 3 N–H and O–H groups in total. The fraction of sp³-hybridized carbons (Fsp3) is 0.500. The van der Waals surface area contributed by atoms with Crippen LogP contribution in [0.2, 0.25) is 0 Å². The smallest absolute Gasteiger partial charge is 0.227 e. The van der Waals surface area contributed by atoms with E-state index in [1.807, 2.05) is 18.2 Å². The number of benzene rings is 1. The lowest BCUT2D eigenvalue weighted by Gasteiger charge is -2.24. The molecular weight excluding hydrogens is 304 g/mol. The maximum atomic E-state index is 12.2. The number of para-hydroxylation sites is 1. The second-order valence-electron chi connectivity index (χ2n) is 6.96. The molecule has 2 aliphatic rings. The van der Waals surface area contributed by atoms with Crippen molar-refractivity contribution in [3.05, 3.63) is 41.5 Å². The molecule has 2 heterocycles. The number of aromatic nitrogens is 2. The van der Waals surface area contributed by atoms with E-state index in [1.165, 1.54) is 5.56 Å². The molecule has 1 aliphatic heterocycles. The van der Waals surface area contributed by atoms with Crippen molar-refractivity contribution in [2.75, 3.05) is 5.32 Å². The fourth-order valence-electron chi connectivity index (χ4n) is 3.73. The summed E-state index contributed by atoms with van der Waals surface area (Å²) in [6, 6.07) is 7.94.